The van der Waals surface area contributed by atoms with Gasteiger partial charge in [-0.25, -0.2) is 0 Å². The van der Waals surface area contributed by atoms with Crippen LogP contribution in [0.25, 0.3) is 0 Å². The predicted molar refractivity (Wildman–Crippen MR) is 79.9 cm³/mol. The molecule has 1 atom stereocenters. The van der Waals surface area contributed by atoms with Crippen molar-refractivity contribution in [1.29, 1.82) is 0 Å². The van der Waals surface area contributed by atoms with Crippen molar-refractivity contribution in [3.05, 3.63) is 39.9 Å². The fourth-order valence-corrected chi connectivity index (χ4v) is 2.75. The van der Waals surface area contributed by atoms with Crippen LogP contribution in [0, 0.1) is 10.1 Å². The summed E-state index contributed by atoms with van der Waals surface area (Å²) in [5.41, 5.74) is 1.03. The lowest BCUT2D eigenvalue weighted by atomic mass is 10.1. The van der Waals surface area contributed by atoms with Crippen LogP contribution >= 0.6 is 0 Å². The van der Waals surface area contributed by atoms with Gasteiger partial charge < -0.3 is 5.32 Å². The van der Waals surface area contributed by atoms with Crippen molar-refractivity contribution < 1.29 is 4.92 Å². The zero-order valence-electron chi connectivity index (χ0n) is 12.0. The molecule has 1 N–H and O–H groups in total. The summed E-state index contributed by atoms with van der Waals surface area (Å²) < 4.78 is 0. The van der Waals surface area contributed by atoms with E-state index >= 15 is 0 Å². The minimum atomic E-state index is -0.303. The average Bonchev–Trinajstić information content (AvgIpc) is 2.98. The predicted octanol–water partition coefficient (Wildman–Crippen LogP) is 2.21. The Morgan fingerprint density at radius 1 is 1.35 bits per heavy atom. The van der Waals surface area contributed by atoms with Gasteiger partial charge in [0.2, 0.25) is 0 Å². The van der Waals surface area contributed by atoms with Crippen molar-refractivity contribution in [2.75, 3.05) is 26.2 Å². The van der Waals surface area contributed by atoms with Crippen LogP contribution in [-0.2, 0) is 6.42 Å². The molecule has 1 unspecified atom stereocenters. The highest BCUT2D eigenvalue weighted by Gasteiger charge is 2.17. The van der Waals surface area contributed by atoms with Crippen LogP contribution in [0.15, 0.2) is 24.3 Å². The van der Waals surface area contributed by atoms with Crippen molar-refractivity contribution in [3.8, 4) is 0 Å². The minimum Gasteiger partial charge on any atom is -0.315 e. The molecule has 1 fully saturated rings. The molecule has 0 spiro atoms. The first-order chi connectivity index (χ1) is 9.68. The number of rotatable bonds is 7. The second kappa shape index (κ2) is 7.36. The van der Waals surface area contributed by atoms with Crippen molar-refractivity contribution in [2.24, 2.45) is 0 Å². The number of nitrogens with one attached hydrogen (secondary N) is 1. The Morgan fingerprint density at radius 3 is 2.75 bits per heavy atom. The van der Waals surface area contributed by atoms with Gasteiger partial charge >= 0.3 is 0 Å². The second-order valence-corrected chi connectivity index (χ2v) is 5.43. The SMILES string of the molecule is CC(CNCCc1ccccc1[N+](=O)[O-])N1CCCC1. The Hall–Kier alpha value is -1.46. The molecule has 0 aliphatic carbocycles. The molecule has 1 aromatic rings. The van der Waals surface area contributed by atoms with Crippen molar-refractivity contribution >= 4 is 5.69 Å². The lowest BCUT2D eigenvalue weighted by Crippen LogP contribution is -2.39. The molecule has 110 valence electrons. The summed E-state index contributed by atoms with van der Waals surface area (Å²) in [6.07, 6.45) is 3.31. The Labute approximate surface area is 120 Å². The Bertz CT molecular complexity index is 444. The third kappa shape index (κ3) is 4.02. The molecule has 20 heavy (non-hydrogen) atoms. The lowest BCUT2D eigenvalue weighted by molar-refractivity contribution is -0.385. The molecule has 1 aliphatic heterocycles. The third-order valence-electron chi connectivity index (χ3n) is 3.96. The zero-order valence-corrected chi connectivity index (χ0v) is 12.0. The molecule has 0 bridgehead atoms. The van der Waals surface area contributed by atoms with Crippen LogP contribution < -0.4 is 5.32 Å². The van der Waals surface area contributed by atoms with Gasteiger partial charge in [-0.15, -0.1) is 0 Å². The summed E-state index contributed by atoms with van der Waals surface area (Å²) in [5.74, 6) is 0. The summed E-state index contributed by atoms with van der Waals surface area (Å²) in [6, 6.07) is 7.52. The lowest BCUT2D eigenvalue weighted by Gasteiger charge is -2.23. The Kier molecular flexibility index (Phi) is 5.49. The molecular weight excluding hydrogens is 254 g/mol. The van der Waals surface area contributed by atoms with Gasteiger partial charge in [0, 0.05) is 24.2 Å². The van der Waals surface area contributed by atoms with Crippen LogP contribution in [0.2, 0.25) is 0 Å². The minimum absolute atomic E-state index is 0.224. The van der Waals surface area contributed by atoms with Crippen LogP contribution in [-0.4, -0.2) is 42.0 Å². The van der Waals surface area contributed by atoms with E-state index in [1.54, 1.807) is 12.1 Å². The molecule has 1 heterocycles. The first-order valence-corrected chi connectivity index (χ1v) is 7.35. The molecule has 5 nitrogen and oxygen atoms in total. The number of nitro groups is 1. The van der Waals surface area contributed by atoms with Gasteiger partial charge in [0.25, 0.3) is 5.69 Å². The normalized spacial score (nSPS) is 17.2. The maximum atomic E-state index is 10.9. The van der Waals surface area contributed by atoms with E-state index in [9.17, 15) is 10.1 Å². The molecule has 1 aromatic carbocycles. The van der Waals surface area contributed by atoms with Gasteiger partial charge in [0.05, 0.1) is 4.92 Å². The van der Waals surface area contributed by atoms with Crippen LogP contribution in [0.3, 0.4) is 0 Å². The van der Waals surface area contributed by atoms with E-state index in [0.717, 1.165) is 18.7 Å². The number of benzene rings is 1. The summed E-state index contributed by atoms with van der Waals surface area (Å²) in [7, 11) is 0. The fraction of sp³-hybridized carbons (Fsp3) is 0.600. The smallest absolute Gasteiger partial charge is 0.272 e. The highest BCUT2D eigenvalue weighted by molar-refractivity contribution is 5.39. The summed E-state index contributed by atoms with van der Waals surface area (Å²) in [6.45, 7) is 6.37. The quantitative estimate of drug-likeness (QED) is 0.471. The maximum Gasteiger partial charge on any atom is 0.272 e. The largest absolute Gasteiger partial charge is 0.315 e. The van der Waals surface area contributed by atoms with Gasteiger partial charge in [-0.3, -0.25) is 15.0 Å². The van der Waals surface area contributed by atoms with E-state index < -0.39 is 0 Å². The number of nitrogens with zero attached hydrogens (tertiary/aromatic N) is 2. The first-order valence-electron chi connectivity index (χ1n) is 7.35. The number of hydrogen-bond donors (Lipinski definition) is 1. The van der Waals surface area contributed by atoms with E-state index in [-0.39, 0.29) is 10.6 Å². The average molecular weight is 277 g/mol. The highest BCUT2D eigenvalue weighted by Crippen LogP contribution is 2.17. The Balaban J connectivity index is 1.74. The molecule has 0 radical (unpaired) electrons. The first kappa shape index (κ1) is 14.9. The number of para-hydroxylation sites is 1. The Morgan fingerprint density at radius 2 is 2.05 bits per heavy atom. The summed E-state index contributed by atoms with van der Waals surface area (Å²) in [4.78, 5) is 13.1. The molecule has 5 heteroatoms. The summed E-state index contributed by atoms with van der Waals surface area (Å²) in [5, 5.41) is 14.3. The van der Waals surface area contributed by atoms with Gasteiger partial charge in [-0.1, -0.05) is 18.2 Å². The van der Waals surface area contributed by atoms with Gasteiger partial charge in [-0.05, 0) is 45.8 Å². The van der Waals surface area contributed by atoms with Crippen molar-refractivity contribution in [1.82, 2.24) is 10.2 Å². The summed E-state index contributed by atoms with van der Waals surface area (Å²) >= 11 is 0. The van der Waals surface area contributed by atoms with Crippen LogP contribution in [0.4, 0.5) is 5.69 Å². The van der Waals surface area contributed by atoms with Gasteiger partial charge in [-0.2, -0.15) is 0 Å². The van der Waals surface area contributed by atoms with E-state index in [2.05, 4.69) is 17.1 Å². The molecule has 2 rings (SSSR count). The van der Waals surface area contributed by atoms with Gasteiger partial charge in [0.1, 0.15) is 0 Å². The van der Waals surface area contributed by atoms with E-state index in [1.807, 2.05) is 12.1 Å². The van der Waals surface area contributed by atoms with E-state index in [0.29, 0.717) is 12.5 Å². The molecule has 0 amide bonds. The van der Waals surface area contributed by atoms with Gasteiger partial charge in [0.15, 0.2) is 0 Å². The number of nitro benzene ring substituents is 1. The topological polar surface area (TPSA) is 58.4 Å². The van der Waals surface area contributed by atoms with Crippen molar-refractivity contribution in [2.45, 2.75) is 32.2 Å². The maximum absolute atomic E-state index is 10.9. The standard InChI is InChI=1S/C15H23N3O2/c1-13(17-10-4-5-11-17)12-16-9-8-14-6-2-3-7-15(14)18(19)20/h2-3,6-7,13,16H,4-5,8-12H2,1H3. The number of likely N-dealkylation sites (tertiary alicyclic amines) is 1. The van der Waals surface area contributed by atoms with E-state index in [4.69, 9.17) is 0 Å². The molecule has 1 saturated heterocycles. The zero-order chi connectivity index (χ0) is 14.4. The molecule has 0 aromatic heterocycles. The van der Waals surface area contributed by atoms with Crippen molar-refractivity contribution in [3.63, 3.8) is 0 Å². The van der Waals surface area contributed by atoms with Crippen LogP contribution in [0.1, 0.15) is 25.3 Å². The fourth-order valence-electron chi connectivity index (χ4n) is 2.75. The number of hydrogen-bond acceptors (Lipinski definition) is 4. The molecule has 0 saturated carbocycles. The molecule has 1 aliphatic rings. The monoisotopic (exact) mass is 277 g/mol. The van der Waals surface area contributed by atoms with Crippen LogP contribution in [0.5, 0.6) is 0 Å². The molecular formula is C15H23N3O2. The highest BCUT2D eigenvalue weighted by atomic mass is 16.6. The van der Waals surface area contributed by atoms with E-state index in [1.165, 1.54) is 25.9 Å². The third-order valence-corrected chi connectivity index (χ3v) is 3.96. The second-order valence-electron chi connectivity index (χ2n) is 5.43.